The van der Waals surface area contributed by atoms with Crippen molar-refractivity contribution in [2.24, 2.45) is 0 Å². The molecule has 1 aromatic carbocycles. The second kappa shape index (κ2) is 8.75. The third kappa shape index (κ3) is 5.14. The van der Waals surface area contributed by atoms with Gasteiger partial charge in [-0.15, -0.1) is 0 Å². The molecule has 3 N–H and O–H groups in total. The van der Waals surface area contributed by atoms with Gasteiger partial charge in [-0.05, 0) is 43.2 Å². The summed E-state index contributed by atoms with van der Waals surface area (Å²) < 4.78 is 0. The Bertz CT molecular complexity index is 803. The summed E-state index contributed by atoms with van der Waals surface area (Å²) in [5.41, 5.74) is 1.46. The number of carbonyl (C=O) groups is 3. The van der Waals surface area contributed by atoms with Crippen LogP contribution in [0.3, 0.4) is 0 Å². The van der Waals surface area contributed by atoms with Crippen molar-refractivity contribution in [1.82, 2.24) is 15.6 Å². The van der Waals surface area contributed by atoms with Crippen molar-refractivity contribution < 1.29 is 19.5 Å². The van der Waals surface area contributed by atoms with Gasteiger partial charge in [-0.25, -0.2) is 9.78 Å². The van der Waals surface area contributed by atoms with Crippen LogP contribution in [0.25, 0.3) is 0 Å². The van der Waals surface area contributed by atoms with E-state index in [0.29, 0.717) is 5.56 Å². The molecule has 0 aliphatic rings. The molecule has 0 fully saturated rings. The van der Waals surface area contributed by atoms with E-state index in [4.69, 9.17) is 5.11 Å². The van der Waals surface area contributed by atoms with Crippen LogP contribution in [0.4, 0.5) is 0 Å². The quantitative estimate of drug-likeness (QED) is 0.706. The van der Waals surface area contributed by atoms with Crippen molar-refractivity contribution in [2.75, 3.05) is 0 Å². The first-order valence-electron chi connectivity index (χ1n) is 8.28. The van der Waals surface area contributed by atoms with E-state index in [0.717, 1.165) is 12.0 Å². The Hall–Kier alpha value is -3.22. The molecule has 0 bridgehead atoms. The number of carbonyl (C=O) groups excluding carboxylic acids is 2. The standard InChI is InChI=1S/C19H21N3O4/c1-3-12(2)22-18(24)14-6-4-5-13(9-14)10-21-17(23)15-7-8-16(19(25)26)20-11-15/h4-9,11-12H,3,10H2,1-2H3,(H,21,23)(H,22,24)(H,25,26). The molecule has 0 radical (unpaired) electrons. The monoisotopic (exact) mass is 355 g/mol. The Balaban J connectivity index is 1.98. The molecule has 26 heavy (non-hydrogen) atoms. The molecule has 0 aliphatic carbocycles. The number of nitrogens with zero attached hydrogens (tertiary/aromatic N) is 1. The largest absolute Gasteiger partial charge is 0.477 e. The van der Waals surface area contributed by atoms with E-state index in [1.165, 1.54) is 18.3 Å². The number of hydrogen-bond donors (Lipinski definition) is 3. The molecular formula is C19H21N3O4. The molecule has 2 aromatic rings. The highest BCUT2D eigenvalue weighted by atomic mass is 16.4. The summed E-state index contributed by atoms with van der Waals surface area (Å²) in [6.45, 7) is 4.17. The Kier molecular flexibility index (Phi) is 6.43. The predicted octanol–water partition coefficient (Wildman–Crippen LogP) is 2.24. The average molecular weight is 355 g/mol. The smallest absolute Gasteiger partial charge is 0.354 e. The van der Waals surface area contributed by atoms with Crippen LogP contribution in [0.5, 0.6) is 0 Å². The van der Waals surface area contributed by atoms with Crippen molar-refractivity contribution in [3.05, 3.63) is 65.0 Å². The lowest BCUT2D eigenvalue weighted by Gasteiger charge is -2.12. The Morgan fingerprint density at radius 1 is 1.12 bits per heavy atom. The SMILES string of the molecule is CCC(C)NC(=O)c1cccc(CNC(=O)c2ccc(C(=O)O)nc2)c1. The lowest BCUT2D eigenvalue weighted by Crippen LogP contribution is -2.32. The second-order valence-electron chi connectivity index (χ2n) is 5.90. The van der Waals surface area contributed by atoms with E-state index in [9.17, 15) is 14.4 Å². The summed E-state index contributed by atoms with van der Waals surface area (Å²) >= 11 is 0. The van der Waals surface area contributed by atoms with Gasteiger partial charge in [-0.3, -0.25) is 9.59 Å². The summed E-state index contributed by atoms with van der Waals surface area (Å²) in [5, 5.41) is 14.4. The molecule has 7 nitrogen and oxygen atoms in total. The van der Waals surface area contributed by atoms with Gasteiger partial charge in [0, 0.05) is 24.3 Å². The van der Waals surface area contributed by atoms with Crippen LogP contribution in [0, 0.1) is 0 Å². The van der Waals surface area contributed by atoms with Crippen LogP contribution in [-0.4, -0.2) is 33.9 Å². The van der Waals surface area contributed by atoms with E-state index in [1.807, 2.05) is 19.9 Å². The van der Waals surface area contributed by atoms with Crippen molar-refractivity contribution in [3.63, 3.8) is 0 Å². The van der Waals surface area contributed by atoms with E-state index < -0.39 is 5.97 Å². The number of hydrogen-bond acceptors (Lipinski definition) is 4. The Morgan fingerprint density at radius 2 is 1.88 bits per heavy atom. The number of pyridine rings is 1. The Labute approximate surface area is 151 Å². The molecular weight excluding hydrogens is 334 g/mol. The summed E-state index contributed by atoms with van der Waals surface area (Å²) in [4.78, 5) is 38.8. The van der Waals surface area contributed by atoms with Crippen LogP contribution in [-0.2, 0) is 6.54 Å². The van der Waals surface area contributed by atoms with E-state index in [-0.39, 0.29) is 35.7 Å². The average Bonchev–Trinajstić information content (AvgIpc) is 2.66. The van der Waals surface area contributed by atoms with Crippen LogP contribution in [0.1, 0.15) is 57.0 Å². The zero-order chi connectivity index (χ0) is 19.1. The lowest BCUT2D eigenvalue weighted by atomic mass is 10.1. The molecule has 0 aliphatic heterocycles. The summed E-state index contributed by atoms with van der Waals surface area (Å²) in [6, 6.07) is 9.79. The van der Waals surface area contributed by atoms with Gasteiger partial charge >= 0.3 is 5.97 Å². The van der Waals surface area contributed by atoms with Gasteiger partial charge in [-0.2, -0.15) is 0 Å². The van der Waals surface area contributed by atoms with Gasteiger partial charge in [0.1, 0.15) is 5.69 Å². The molecule has 1 heterocycles. The maximum Gasteiger partial charge on any atom is 0.354 e. The van der Waals surface area contributed by atoms with E-state index in [2.05, 4.69) is 15.6 Å². The molecule has 136 valence electrons. The first-order chi connectivity index (χ1) is 12.4. The highest BCUT2D eigenvalue weighted by Gasteiger charge is 2.11. The maximum absolute atomic E-state index is 12.2. The third-order valence-electron chi connectivity index (χ3n) is 3.88. The molecule has 1 aromatic heterocycles. The first kappa shape index (κ1) is 19.1. The minimum atomic E-state index is -1.15. The van der Waals surface area contributed by atoms with Gasteiger partial charge in [0.2, 0.25) is 0 Å². The van der Waals surface area contributed by atoms with Gasteiger partial charge < -0.3 is 15.7 Å². The maximum atomic E-state index is 12.2. The number of aromatic carboxylic acids is 1. The molecule has 1 unspecified atom stereocenters. The van der Waals surface area contributed by atoms with Crippen LogP contribution >= 0.6 is 0 Å². The first-order valence-corrected chi connectivity index (χ1v) is 8.28. The third-order valence-corrected chi connectivity index (χ3v) is 3.88. The topological polar surface area (TPSA) is 108 Å². The minimum absolute atomic E-state index is 0.0899. The predicted molar refractivity (Wildman–Crippen MR) is 96.0 cm³/mol. The molecule has 0 spiro atoms. The van der Waals surface area contributed by atoms with Crippen molar-refractivity contribution in [1.29, 1.82) is 0 Å². The zero-order valence-corrected chi connectivity index (χ0v) is 14.7. The fourth-order valence-corrected chi connectivity index (χ4v) is 2.17. The fraction of sp³-hybridized carbons (Fsp3) is 0.263. The van der Waals surface area contributed by atoms with Crippen molar-refractivity contribution >= 4 is 17.8 Å². The molecule has 0 saturated carbocycles. The summed E-state index contributed by atoms with van der Waals surface area (Å²) in [6.07, 6.45) is 2.06. The summed E-state index contributed by atoms with van der Waals surface area (Å²) in [7, 11) is 0. The van der Waals surface area contributed by atoms with E-state index in [1.54, 1.807) is 18.2 Å². The van der Waals surface area contributed by atoms with Crippen LogP contribution in [0.15, 0.2) is 42.6 Å². The number of carboxylic acids is 1. The van der Waals surface area contributed by atoms with Gasteiger partial charge in [0.05, 0.1) is 5.56 Å². The second-order valence-corrected chi connectivity index (χ2v) is 5.90. The highest BCUT2D eigenvalue weighted by molar-refractivity contribution is 5.95. The number of amides is 2. The normalized spacial score (nSPS) is 11.5. The molecule has 2 amide bonds. The van der Waals surface area contributed by atoms with Crippen LogP contribution in [0.2, 0.25) is 0 Å². The van der Waals surface area contributed by atoms with Crippen molar-refractivity contribution in [2.45, 2.75) is 32.9 Å². The lowest BCUT2D eigenvalue weighted by molar-refractivity contribution is 0.0689. The van der Waals surface area contributed by atoms with E-state index >= 15 is 0 Å². The number of nitrogens with one attached hydrogen (secondary N) is 2. The summed E-state index contributed by atoms with van der Waals surface area (Å²) in [5.74, 6) is -1.67. The highest BCUT2D eigenvalue weighted by Crippen LogP contribution is 2.07. The molecule has 0 saturated heterocycles. The number of carboxylic acid groups (broad SMARTS) is 1. The minimum Gasteiger partial charge on any atom is -0.477 e. The molecule has 1 atom stereocenters. The molecule has 7 heteroatoms. The van der Waals surface area contributed by atoms with Crippen molar-refractivity contribution in [3.8, 4) is 0 Å². The number of rotatable bonds is 7. The molecule has 2 rings (SSSR count). The number of aromatic nitrogens is 1. The zero-order valence-electron chi connectivity index (χ0n) is 14.7. The van der Waals surface area contributed by atoms with Gasteiger partial charge in [-0.1, -0.05) is 19.1 Å². The van der Waals surface area contributed by atoms with Crippen LogP contribution < -0.4 is 10.6 Å². The fourth-order valence-electron chi connectivity index (χ4n) is 2.17. The number of benzene rings is 1. The Morgan fingerprint density at radius 3 is 2.50 bits per heavy atom. The van der Waals surface area contributed by atoms with Gasteiger partial charge in [0.25, 0.3) is 11.8 Å². The van der Waals surface area contributed by atoms with Gasteiger partial charge in [0.15, 0.2) is 0 Å².